The van der Waals surface area contributed by atoms with Gasteiger partial charge in [-0.25, -0.2) is 4.98 Å². The van der Waals surface area contributed by atoms with E-state index in [0.717, 1.165) is 12.3 Å². The predicted molar refractivity (Wildman–Crippen MR) is 57.0 cm³/mol. The van der Waals surface area contributed by atoms with Crippen molar-refractivity contribution in [2.45, 2.75) is 20.0 Å². The SMILES string of the molecule is CC.c1cc(C2CO2)nc(-n2cnnn2)c1. The van der Waals surface area contributed by atoms with Gasteiger partial charge < -0.3 is 4.74 Å². The van der Waals surface area contributed by atoms with Crippen LogP contribution in [0.1, 0.15) is 25.6 Å². The first-order valence-corrected chi connectivity index (χ1v) is 5.25. The highest BCUT2D eigenvalue weighted by atomic mass is 16.6. The van der Waals surface area contributed by atoms with Crippen LogP contribution in [0.5, 0.6) is 0 Å². The molecule has 6 heteroatoms. The topological polar surface area (TPSA) is 69.0 Å². The van der Waals surface area contributed by atoms with Crippen molar-refractivity contribution in [3.63, 3.8) is 0 Å². The molecule has 0 saturated carbocycles. The summed E-state index contributed by atoms with van der Waals surface area (Å²) >= 11 is 0. The molecule has 1 fully saturated rings. The molecule has 0 N–H and O–H groups in total. The van der Waals surface area contributed by atoms with Crippen molar-refractivity contribution in [2.24, 2.45) is 0 Å². The lowest BCUT2D eigenvalue weighted by Crippen LogP contribution is -2.00. The first kappa shape index (κ1) is 10.7. The molecule has 0 spiro atoms. The maximum absolute atomic E-state index is 5.14. The summed E-state index contributed by atoms with van der Waals surface area (Å²) in [6, 6.07) is 5.70. The van der Waals surface area contributed by atoms with E-state index in [0.29, 0.717) is 5.82 Å². The first-order chi connectivity index (χ1) is 7.93. The molecule has 2 aromatic heterocycles. The Morgan fingerprint density at radius 1 is 1.38 bits per heavy atom. The highest BCUT2D eigenvalue weighted by molar-refractivity contribution is 5.24. The summed E-state index contributed by atoms with van der Waals surface area (Å²) in [7, 11) is 0. The van der Waals surface area contributed by atoms with Crippen molar-refractivity contribution in [1.82, 2.24) is 25.2 Å². The van der Waals surface area contributed by atoms with Crippen LogP contribution in [-0.4, -0.2) is 31.8 Å². The monoisotopic (exact) mass is 219 g/mol. The third-order valence-corrected chi connectivity index (χ3v) is 2.00. The second-order valence-corrected chi connectivity index (χ2v) is 3.00. The third-order valence-electron chi connectivity index (χ3n) is 2.00. The predicted octanol–water partition coefficient (Wildman–Crippen LogP) is 1.15. The van der Waals surface area contributed by atoms with E-state index in [1.807, 2.05) is 32.0 Å². The van der Waals surface area contributed by atoms with Gasteiger partial charge in [-0.3, -0.25) is 0 Å². The van der Waals surface area contributed by atoms with Crippen molar-refractivity contribution in [2.75, 3.05) is 6.61 Å². The molecule has 1 aliphatic rings. The van der Waals surface area contributed by atoms with E-state index < -0.39 is 0 Å². The van der Waals surface area contributed by atoms with Crippen molar-refractivity contribution in [1.29, 1.82) is 0 Å². The summed E-state index contributed by atoms with van der Waals surface area (Å²) in [5.41, 5.74) is 0.929. The number of pyridine rings is 1. The Bertz CT molecular complexity index is 438. The van der Waals surface area contributed by atoms with E-state index in [1.165, 1.54) is 11.0 Å². The molecule has 2 aromatic rings. The van der Waals surface area contributed by atoms with Crippen LogP contribution in [0.2, 0.25) is 0 Å². The van der Waals surface area contributed by atoms with Gasteiger partial charge in [0.2, 0.25) is 0 Å². The molecular weight excluding hydrogens is 206 g/mol. The number of tetrazole rings is 1. The Morgan fingerprint density at radius 3 is 2.81 bits per heavy atom. The molecule has 0 bridgehead atoms. The van der Waals surface area contributed by atoms with E-state index in [-0.39, 0.29) is 6.10 Å². The largest absolute Gasteiger partial charge is 0.366 e. The van der Waals surface area contributed by atoms with Crippen molar-refractivity contribution < 1.29 is 4.74 Å². The van der Waals surface area contributed by atoms with Gasteiger partial charge in [-0.05, 0) is 22.6 Å². The summed E-state index contributed by atoms with van der Waals surface area (Å²) in [4.78, 5) is 4.37. The number of hydrogen-bond donors (Lipinski definition) is 0. The quantitative estimate of drug-likeness (QED) is 0.709. The van der Waals surface area contributed by atoms with Gasteiger partial charge in [-0.1, -0.05) is 19.9 Å². The molecule has 1 aliphatic heterocycles. The maximum atomic E-state index is 5.14. The van der Waals surface area contributed by atoms with E-state index in [4.69, 9.17) is 4.74 Å². The van der Waals surface area contributed by atoms with Gasteiger partial charge >= 0.3 is 0 Å². The van der Waals surface area contributed by atoms with E-state index in [9.17, 15) is 0 Å². The fourth-order valence-electron chi connectivity index (χ4n) is 1.23. The molecule has 3 heterocycles. The van der Waals surface area contributed by atoms with Gasteiger partial charge in [0.15, 0.2) is 5.82 Å². The molecule has 6 nitrogen and oxygen atoms in total. The number of ether oxygens (including phenoxy) is 1. The van der Waals surface area contributed by atoms with Crippen LogP contribution in [0.15, 0.2) is 24.5 Å². The standard InChI is InChI=1S/C8H7N5O.C2H6/c1-2-6(7-4-14-7)10-8(3-1)13-5-9-11-12-13;1-2/h1-3,5,7H,4H2;1-2H3. The third kappa shape index (κ3) is 2.22. The van der Waals surface area contributed by atoms with E-state index >= 15 is 0 Å². The number of aromatic nitrogens is 5. The molecule has 1 unspecified atom stereocenters. The molecule has 84 valence electrons. The zero-order chi connectivity index (χ0) is 11.4. The summed E-state index contributed by atoms with van der Waals surface area (Å²) in [5.74, 6) is 0.711. The number of hydrogen-bond acceptors (Lipinski definition) is 5. The minimum Gasteiger partial charge on any atom is -0.366 e. The second kappa shape index (κ2) is 4.80. The number of rotatable bonds is 2. The average Bonchev–Trinajstić information content (AvgIpc) is 3.07. The summed E-state index contributed by atoms with van der Waals surface area (Å²) < 4.78 is 6.66. The molecule has 1 atom stereocenters. The smallest absolute Gasteiger partial charge is 0.157 e. The van der Waals surface area contributed by atoms with Crippen LogP contribution >= 0.6 is 0 Å². The van der Waals surface area contributed by atoms with Gasteiger partial charge in [0, 0.05) is 0 Å². The van der Waals surface area contributed by atoms with Crippen LogP contribution in [-0.2, 0) is 4.74 Å². The number of nitrogens with zero attached hydrogens (tertiary/aromatic N) is 5. The Kier molecular flexibility index (Phi) is 3.21. The Hall–Kier alpha value is -1.82. The maximum Gasteiger partial charge on any atom is 0.157 e. The average molecular weight is 219 g/mol. The summed E-state index contributed by atoms with van der Waals surface area (Å²) in [6.07, 6.45) is 1.67. The molecule has 0 aromatic carbocycles. The van der Waals surface area contributed by atoms with Gasteiger partial charge in [0.05, 0.1) is 12.3 Å². The molecule has 0 amide bonds. The minimum absolute atomic E-state index is 0.159. The van der Waals surface area contributed by atoms with Crippen LogP contribution in [0.3, 0.4) is 0 Å². The highest BCUT2D eigenvalue weighted by Crippen LogP contribution is 2.28. The zero-order valence-corrected chi connectivity index (χ0v) is 9.24. The van der Waals surface area contributed by atoms with Crippen LogP contribution in [0, 0.1) is 0 Å². The van der Waals surface area contributed by atoms with Gasteiger partial charge in [-0.2, -0.15) is 4.68 Å². The van der Waals surface area contributed by atoms with Crippen LogP contribution in [0.4, 0.5) is 0 Å². The Balaban J connectivity index is 0.000000457. The normalized spacial score (nSPS) is 17.5. The van der Waals surface area contributed by atoms with Crippen molar-refractivity contribution >= 4 is 0 Å². The van der Waals surface area contributed by atoms with Crippen LogP contribution in [0.25, 0.3) is 5.82 Å². The Labute approximate surface area is 93.3 Å². The molecule has 0 aliphatic carbocycles. The van der Waals surface area contributed by atoms with Crippen molar-refractivity contribution in [3.8, 4) is 5.82 Å². The molecule has 0 radical (unpaired) electrons. The lowest BCUT2D eigenvalue weighted by Gasteiger charge is -1.99. The Morgan fingerprint density at radius 2 is 2.19 bits per heavy atom. The lowest BCUT2D eigenvalue weighted by molar-refractivity contribution is 0.411. The van der Waals surface area contributed by atoms with Gasteiger partial charge in [0.1, 0.15) is 12.4 Å². The molecule has 1 saturated heterocycles. The fourth-order valence-corrected chi connectivity index (χ4v) is 1.23. The molecule has 3 rings (SSSR count). The fraction of sp³-hybridized carbons (Fsp3) is 0.400. The molecule has 16 heavy (non-hydrogen) atoms. The molecular formula is C10H13N5O. The number of epoxide rings is 1. The summed E-state index contributed by atoms with van der Waals surface area (Å²) in [5, 5.41) is 10.9. The van der Waals surface area contributed by atoms with Gasteiger partial charge in [-0.15, -0.1) is 5.10 Å². The minimum atomic E-state index is 0.159. The van der Waals surface area contributed by atoms with Gasteiger partial charge in [0.25, 0.3) is 0 Å². The zero-order valence-electron chi connectivity index (χ0n) is 9.24. The second-order valence-electron chi connectivity index (χ2n) is 3.00. The van der Waals surface area contributed by atoms with Crippen molar-refractivity contribution in [3.05, 3.63) is 30.2 Å². The first-order valence-electron chi connectivity index (χ1n) is 5.25. The summed E-state index contributed by atoms with van der Waals surface area (Å²) in [6.45, 7) is 4.76. The van der Waals surface area contributed by atoms with E-state index in [2.05, 4.69) is 20.5 Å². The lowest BCUT2D eigenvalue weighted by atomic mass is 10.3. The highest BCUT2D eigenvalue weighted by Gasteiger charge is 2.26. The van der Waals surface area contributed by atoms with Crippen LogP contribution < -0.4 is 0 Å². The van der Waals surface area contributed by atoms with E-state index in [1.54, 1.807) is 0 Å².